The van der Waals surface area contributed by atoms with E-state index in [4.69, 9.17) is 9.47 Å². The summed E-state index contributed by atoms with van der Waals surface area (Å²) in [5.74, 6) is 0.576. The Kier molecular flexibility index (Phi) is 8.25. The number of hydrogen-bond donors (Lipinski definition) is 2. The van der Waals surface area contributed by atoms with Crippen LogP contribution < -0.4 is 10.1 Å². The largest absolute Gasteiger partial charge is 0.491 e. The number of carbonyl (C=O) groups is 1. The summed E-state index contributed by atoms with van der Waals surface area (Å²) in [6.07, 6.45) is 6.48. The number of rotatable bonds is 8. The lowest BCUT2D eigenvalue weighted by molar-refractivity contribution is 0.000296. The maximum absolute atomic E-state index is 15.3. The molecule has 1 fully saturated rings. The van der Waals surface area contributed by atoms with Gasteiger partial charge in [0.05, 0.1) is 23.9 Å². The molecule has 3 rings (SSSR count). The Morgan fingerprint density at radius 3 is 2.68 bits per heavy atom. The molecule has 7 nitrogen and oxygen atoms in total. The quantitative estimate of drug-likeness (QED) is 0.589. The predicted molar refractivity (Wildman–Crippen MR) is 130 cm³/mol. The van der Waals surface area contributed by atoms with Crippen LogP contribution in [-0.2, 0) is 4.74 Å². The van der Waals surface area contributed by atoms with E-state index < -0.39 is 11.4 Å². The van der Waals surface area contributed by atoms with E-state index in [1.807, 2.05) is 48.2 Å². The van der Waals surface area contributed by atoms with Crippen LogP contribution in [0.2, 0.25) is 0 Å². The first-order valence-electron chi connectivity index (χ1n) is 11.6. The SMILES string of the molecule is CC(NC(=O)N(C)C)c1ccc(OC2CCN(C3=CC=CCC(OCC(C)(C)O)=C3F)C2)cc1. The number of benzene rings is 1. The summed E-state index contributed by atoms with van der Waals surface area (Å²) in [5.41, 5.74) is 0.425. The lowest BCUT2D eigenvalue weighted by Crippen LogP contribution is -2.36. The van der Waals surface area contributed by atoms with Crippen molar-refractivity contribution >= 4 is 6.03 Å². The Morgan fingerprint density at radius 1 is 1.32 bits per heavy atom. The van der Waals surface area contributed by atoms with Crippen LogP contribution in [0.15, 0.2) is 59.8 Å². The zero-order valence-corrected chi connectivity index (χ0v) is 20.7. The molecule has 0 radical (unpaired) electrons. The lowest BCUT2D eigenvalue weighted by Gasteiger charge is -2.23. The van der Waals surface area contributed by atoms with Crippen molar-refractivity contribution < 1.29 is 23.8 Å². The monoisotopic (exact) mass is 473 g/mol. The summed E-state index contributed by atoms with van der Waals surface area (Å²) in [6.45, 7) is 6.44. The van der Waals surface area contributed by atoms with Gasteiger partial charge in [0.25, 0.3) is 0 Å². The number of likely N-dealkylation sites (tertiary alicyclic amines) is 1. The first-order valence-corrected chi connectivity index (χ1v) is 11.6. The topological polar surface area (TPSA) is 74.3 Å². The second kappa shape index (κ2) is 11.0. The number of aliphatic hydroxyl groups is 1. The van der Waals surface area contributed by atoms with Gasteiger partial charge >= 0.3 is 6.03 Å². The third kappa shape index (κ3) is 7.00. The number of urea groups is 1. The minimum atomic E-state index is -1.04. The fourth-order valence-electron chi connectivity index (χ4n) is 3.74. The molecule has 1 aliphatic carbocycles. The van der Waals surface area contributed by atoms with Gasteiger partial charge in [-0.05, 0) is 44.5 Å². The number of carbonyl (C=O) groups excluding carboxylic acids is 1. The molecule has 1 aromatic rings. The molecular weight excluding hydrogens is 437 g/mol. The highest BCUT2D eigenvalue weighted by Gasteiger charge is 2.29. The lowest BCUT2D eigenvalue weighted by atomic mass is 10.1. The van der Waals surface area contributed by atoms with Gasteiger partial charge in [0.15, 0.2) is 5.83 Å². The van der Waals surface area contributed by atoms with Crippen LogP contribution in [-0.4, -0.2) is 66.4 Å². The van der Waals surface area contributed by atoms with Crippen LogP contribution in [0.4, 0.5) is 9.18 Å². The fraction of sp³-hybridized carbons (Fsp3) is 0.500. The van der Waals surface area contributed by atoms with Gasteiger partial charge in [-0.2, -0.15) is 0 Å². The Labute approximate surface area is 201 Å². The third-order valence-electron chi connectivity index (χ3n) is 5.68. The molecule has 2 atom stereocenters. The van der Waals surface area contributed by atoms with Crippen molar-refractivity contribution in [2.45, 2.75) is 51.4 Å². The molecule has 2 N–H and O–H groups in total. The van der Waals surface area contributed by atoms with Crippen molar-refractivity contribution in [1.82, 2.24) is 15.1 Å². The molecule has 1 heterocycles. The Bertz CT molecular complexity index is 948. The molecule has 2 aliphatic rings. The molecule has 1 aliphatic heterocycles. The molecule has 0 aromatic heterocycles. The summed E-state index contributed by atoms with van der Waals surface area (Å²) in [5, 5.41) is 12.8. The van der Waals surface area contributed by atoms with E-state index in [0.717, 1.165) is 17.7 Å². The maximum Gasteiger partial charge on any atom is 0.317 e. The van der Waals surface area contributed by atoms with Gasteiger partial charge < -0.3 is 29.7 Å². The highest BCUT2D eigenvalue weighted by Crippen LogP contribution is 2.30. The number of hydrogen-bond acceptors (Lipinski definition) is 5. The number of allylic oxidation sites excluding steroid dienone is 4. The van der Waals surface area contributed by atoms with E-state index in [2.05, 4.69) is 5.32 Å². The van der Waals surface area contributed by atoms with Crippen molar-refractivity contribution in [3.63, 3.8) is 0 Å². The van der Waals surface area contributed by atoms with Crippen molar-refractivity contribution in [2.24, 2.45) is 0 Å². The van der Waals surface area contributed by atoms with Crippen LogP contribution in [0.1, 0.15) is 45.2 Å². The summed E-state index contributed by atoms with van der Waals surface area (Å²) in [4.78, 5) is 15.3. The second-order valence-electron chi connectivity index (χ2n) is 9.63. The molecule has 0 saturated carbocycles. The van der Waals surface area contributed by atoms with Gasteiger partial charge in [-0.1, -0.05) is 24.3 Å². The molecular formula is C26H36FN3O4. The normalized spacial score (nSPS) is 19.4. The van der Waals surface area contributed by atoms with Crippen molar-refractivity contribution in [3.05, 3.63) is 65.3 Å². The molecule has 1 aromatic carbocycles. The number of halogens is 1. The molecule has 1 saturated heterocycles. The molecule has 0 spiro atoms. The van der Waals surface area contributed by atoms with Crippen molar-refractivity contribution in [1.29, 1.82) is 0 Å². The van der Waals surface area contributed by atoms with Crippen molar-refractivity contribution in [3.8, 4) is 5.75 Å². The summed E-state index contributed by atoms with van der Waals surface area (Å²) < 4.78 is 27.0. The highest BCUT2D eigenvalue weighted by molar-refractivity contribution is 5.74. The average Bonchev–Trinajstić information content (AvgIpc) is 3.14. The first-order chi connectivity index (χ1) is 16.0. The Hall–Kier alpha value is -3.00. The van der Waals surface area contributed by atoms with E-state index >= 15 is 4.39 Å². The minimum Gasteiger partial charge on any atom is -0.491 e. The summed E-state index contributed by atoms with van der Waals surface area (Å²) >= 11 is 0. The van der Waals surface area contributed by atoms with Gasteiger partial charge in [0.1, 0.15) is 24.2 Å². The first kappa shape index (κ1) is 25.6. The predicted octanol–water partition coefficient (Wildman–Crippen LogP) is 4.28. The average molecular weight is 474 g/mol. The Morgan fingerprint density at radius 2 is 2.03 bits per heavy atom. The molecule has 186 valence electrons. The fourth-order valence-corrected chi connectivity index (χ4v) is 3.74. The van der Waals surface area contributed by atoms with E-state index in [-0.39, 0.29) is 30.5 Å². The van der Waals surface area contributed by atoms with Gasteiger partial charge in [-0.3, -0.25) is 0 Å². The van der Waals surface area contributed by atoms with Gasteiger partial charge in [-0.15, -0.1) is 0 Å². The maximum atomic E-state index is 15.3. The Balaban J connectivity index is 1.59. The number of ether oxygens (including phenoxy) is 2. The summed E-state index contributed by atoms with van der Waals surface area (Å²) in [6, 6.07) is 7.41. The second-order valence-corrected chi connectivity index (χ2v) is 9.63. The molecule has 2 amide bonds. The van der Waals surface area contributed by atoms with Gasteiger partial charge in [-0.25, -0.2) is 9.18 Å². The van der Waals surface area contributed by atoms with Crippen LogP contribution in [0.3, 0.4) is 0 Å². The standard InChI is InChI=1S/C26H36FN3O4/c1-18(28-25(31)29(4)5)19-10-12-20(13-11-19)34-21-14-15-30(16-21)22-8-6-7-9-23(24(22)27)33-17-26(2,3)32/h6-8,10-13,18,21,32H,9,14-17H2,1-5H3,(H,28,31). The number of nitrogens with one attached hydrogen (secondary N) is 1. The zero-order valence-electron chi connectivity index (χ0n) is 20.7. The van der Waals surface area contributed by atoms with Crippen LogP contribution >= 0.6 is 0 Å². The van der Waals surface area contributed by atoms with Crippen LogP contribution in [0, 0.1) is 0 Å². The summed E-state index contributed by atoms with van der Waals surface area (Å²) in [7, 11) is 3.41. The smallest absolute Gasteiger partial charge is 0.317 e. The van der Waals surface area contributed by atoms with Crippen LogP contribution in [0.5, 0.6) is 5.75 Å². The number of nitrogens with zero attached hydrogens (tertiary/aromatic N) is 2. The zero-order chi connectivity index (χ0) is 24.9. The van der Waals surface area contributed by atoms with E-state index in [1.54, 1.807) is 34.0 Å². The van der Waals surface area contributed by atoms with Gasteiger partial charge in [0.2, 0.25) is 0 Å². The van der Waals surface area contributed by atoms with Crippen molar-refractivity contribution in [2.75, 3.05) is 33.8 Å². The molecule has 34 heavy (non-hydrogen) atoms. The number of amides is 2. The highest BCUT2D eigenvalue weighted by atomic mass is 19.1. The third-order valence-corrected chi connectivity index (χ3v) is 5.68. The van der Waals surface area contributed by atoms with E-state index in [0.29, 0.717) is 25.2 Å². The van der Waals surface area contributed by atoms with E-state index in [1.165, 1.54) is 4.90 Å². The van der Waals surface area contributed by atoms with Gasteiger partial charge in [0, 0.05) is 33.5 Å². The van der Waals surface area contributed by atoms with Crippen LogP contribution in [0.25, 0.3) is 0 Å². The molecule has 2 unspecified atom stereocenters. The molecule has 8 heteroatoms. The molecule has 0 bridgehead atoms. The van der Waals surface area contributed by atoms with E-state index in [9.17, 15) is 9.90 Å². The minimum absolute atomic E-state index is 0.0239.